The van der Waals surface area contributed by atoms with Gasteiger partial charge in [0.2, 0.25) is 0 Å². The fourth-order valence-corrected chi connectivity index (χ4v) is 4.46. The zero-order valence-corrected chi connectivity index (χ0v) is 13.4. The van der Waals surface area contributed by atoms with E-state index in [-0.39, 0.29) is 0 Å². The predicted molar refractivity (Wildman–Crippen MR) is 86.5 cm³/mol. The van der Waals surface area contributed by atoms with E-state index in [0.717, 1.165) is 25.0 Å². The van der Waals surface area contributed by atoms with Crippen molar-refractivity contribution in [1.29, 1.82) is 0 Å². The molecular weight excluding hydrogens is 274 g/mol. The molecule has 0 saturated carbocycles. The second-order valence-corrected chi connectivity index (χ2v) is 7.18. The van der Waals surface area contributed by atoms with Crippen LogP contribution < -0.4 is 0 Å². The lowest BCUT2D eigenvalue weighted by atomic mass is 9.84. The van der Waals surface area contributed by atoms with Crippen molar-refractivity contribution in [2.24, 2.45) is 11.8 Å². The lowest BCUT2D eigenvalue weighted by molar-refractivity contribution is 0.0561. The van der Waals surface area contributed by atoms with E-state index in [0.29, 0.717) is 6.10 Å². The lowest BCUT2D eigenvalue weighted by Crippen LogP contribution is -2.43. The SMILES string of the molecule is c1cc(CN2CC[C@@H]3[C@@H](CO[C@H]3CN3CCCC3)C2)ccn1. The van der Waals surface area contributed by atoms with Crippen molar-refractivity contribution in [3.63, 3.8) is 0 Å². The van der Waals surface area contributed by atoms with Crippen molar-refractivity contribution < 1.29 is 4.74 Å². The molecule has 4 heterocycles. The number of aromatic nitrogens is 1. The van der Waals surface area contributed by atoms with Crippen LogP contribution in [0.25, 0.3) is 0 Å². The number of hydrogen-bond donors (Lipinski definition) is 0. The fourth-order valence-electron chi connectivity index (χ4n) is 4.46. The van der Waals surface area contributed by atoms with Gasteiger partial charge in [-0.1, -0.05) is 0 Å². The molecule has 0 N–H and O–H groups in total. The van der Waals surface area contributed by atoms with Gasteiger partial charge in [0.25, 0.3) is 0 Å². The summed E-state index contributed by atoms with van der Waals surface area (Å²) in [6, 6.07) is 4.26. The summed E-state index contributed by atoms with van der Waals surface area (Å²) in [5.74, 6) is 1.53. The number of fused-ring (bicyclic) bond motifs is 1. The molecule has 0 aromatic carbocycles. The maximum Gasteiger partial charge on any atom is 0.0734 e. The molecule has 0 amide bonds. The average molecular weight is 301 g/mol. The molecule has 0 aliphatic carbocycles. The molecule has 3 aliphatic heterocycles. The number of rotatable bonds is 4. The van der Waals surface area contributed by atoms with E-state index in [1.54, 1.807) is 0 Å². The van der Waals surface area contributed by atoms with Crippen LogP contribution in [-0.2, 0) is 11.3 Å². The normalized spacial score (nSPS) is 33.2. The summed E-state index contributed by atoms with van der Waals surface area (Å²) in [5, 5.41) is 0. The Morgan fingerprint density at radius 3 is 2.73 bits per heavy atom. The number of piperidine rings is 1. The third-order valence-corrected chi connectivity index (χ3v) is 5.67. The largest absolute Gasteiger partial charge is 0.376 e. The Kier molecular flexibility index (Phi) is 4.42. The monoisotopic (exact) mass is 301 g/mol. The Labute approximate surface area is 133 Å². The highest BCUT2D eigenvalue weighted by molar-refractivity contribution is 5.09. The fraction of sp³-hybridized carbons (Fsp3) is 0.722. The van der Waals surface area contributed by atoms with E-state index >= 15 is 0 Å². The van der Waals surface area contributed by atoms with E-state index < -0.39 is 0 Å². The number of pyridine rings is 1. The van der Waals surface area contributed by atoms with Crippen LogP contribution in [-0.4, -0.2) is 60.2 Å². The molecule has 3 aliphatic rings. The highest BCUT2D eigenvalue weighted by atomic mass is 16.5. The topological polar surface area (TPSA) is 28.6 Å². The van der Waals surface area contributed by atoms with Crippen LogP contribution >= 0.6 is 0 Å². The van der Waals surface area contributed by atoms with Crippen LogP contribution in [0.1, 0.15) is 24.8 Å². The first kappa shape index (κ1) is 14.6. The van der Waals surface area contributed by atoms with Gasteiger partial charge in [0.1, 0.15) is 0 Å². The van der Waals surface area contributed by atoms with Crippen LogP contribution in [0.15, 0.2) is 24.5 Å². The summed E-state index contributed by atoms with van der Waals surface area (Å²) in [5.41, 5.74) is 1.38. The Morgan fingerprint density at radius 2 is 1.91 bits per heavy atom. The molecule has 1 aromatic heterocycles. The molecule has 0 radical (unpaired) electrons. The summed E-state index contributed by atoms with van der Waals surface area (Å²) in [4.78, 5) is 9.31. The third kappa shape index (κ3) is 3.19. The highest BCUT2D eigenvalue weighted by Gasteiger charge is 2.41. The van der Waals surface area contributed by atoms with Gasteiger partial charge in [-0.3, -0.25) is 9.88 Å². The van der Waals surface area contributed by atoms with Crippen LogP contribution in [0.2, 0.25) is 0 Å². The van der Waals surface area contributed by atoms with Gasteiger partial charge in [0.05, 0.1) is 12.7 Å². The minimum Gasteiger partial charge on any atom is -0.376 e. The average Bonchev–Trinajstić information content (AvgIpc) is 3.19. The van der Waals surface area contributed by atoms with Crippen LogP contribution in [0.5, 0.6) is 0 Å². The van der Waals surface area contributed by atoms with Crippen LogP contribution in [0, 0.1) is 11.8 Å². The standard InChI is InChI=1S/C18H27N3O/c1-2-9-20(8-1)13-18-17-5-10-21(12-16(17)14-22-18)11-15-3-6-19-7-4-15/h3-4,6-7,16-18H,1-2,5,8-14H2/t16-,17-,18+/m1/s1. The van der Waals surface area contributed by atoms with E-state index in [1.807, 2.05) is 12.4 Å². The maximum absolute atomic E-state index is 6.18. The molecular formula is C18H27N3O. The smallest absolute Gasteiger partial charge is 0.0734 e. The van der Waals surface area contributed by atoms with Gasteiger partial charge in [0.15, 0.2) is 0 Å². The first-order valence-corrected chi connectivity index (χ1v) is 8.84. The predicted octanol–water partition coefficient (Wildman–Crippen LogP) is 2.01. The Hall–Kier alpha value is -0.970. The number of nitrogens with zero attached hydrogens (tertiary/aromatic N) is 3. The molecule has 4 rings (SSSR count). The molecule has 0 unspecified atom stereocenters. The van der Waals surface area contributed by atoms with Crippen molar-refractivity contribution in [2.45, 2.75) is 31.9 Å². The highest BCUT2D eigenvalue weighted by Crippen LogP contribution is 2.35. The minimum atomic E-state index is 0.492. The molecule has 3 fully saturated rings. The second kappa shape index (κ2) is 6.65. The molecule has 0 spiro atoms. The molecule has 1 aromatic rings. The van der Waals surface area contributed by atoms with Gasteiger partial charge in [-0.15, -0.1) is 0 Å². The number of likely N-dealkylation sites (tertiary alicyclic amines) is 2. The van der Waals surface area contributed by atoms with Gasteiger partial charge in [-0.25, -0.2) is 0 Å². The molecule has 22 heavy (non-hydrogen) atoms. The minimum absolute atomic E-state index is 0.492. The molecule has 3 atom stereocenters. The maximum atomic E-state index is 6.18. The van der Waals surface area contributed by atoms with Crippen molar-refractivity contribution in [3.05, 3.63) is 30.1 Å². The Bertz CT molecular complexity index is 474. The van der Waals surface area contributed by atoms with Gasteiger partial charge < -0.3 is 9.64 Å². The number of ether oxygens (including phenoxy) is 1. The summed E-state index contributed by atoms with van der Waals surface area (Å²) in [6.45, 7) is 8.17. The summed E-state index contributed by atoms with van der Waals surface area (Å²) in [6.07, 6.45) is 8.33. The molecule has 4 heteroatoms. The van der Waals surface area contributed by atoms with Crippen LogP contribution in [0.3, 0.4) is 0 Å². The van der Waals surface area contributed by atoms with Gasteiger partial charge in [-0.2, -0.15) is 0 Å². The zero-order chi connectivity index (χ0) is 14.8. The summed E-state index contributed by atoms with van der Waals surface area (Å²) >= 11 is 0. The summed E-state index contributed by atoms with van der Waals surface area (Å²) in [7, 11) is 0. The molecule has 4 nitrogen and oxygen atoms in total. The first-order valence-electron chi connectivity index (χ1n) is 8.84. The van der Waals surface area contributed by atoms with Gasteiger partial charge >= 0.3 is 0 Å². The van der Waals surface area contributed by atoms with Crippen molar-refractivity contribution in [3.8, 4) is 0 Å². The van der Waals surface area contributed by atoms with E-state index in [2.05, 4.69) is 26.9 Å². The van der Waals surface area contributed by atoms with E-state index in [1.165, 1.54) is 57.5 Å². The third-order valence-electron chi connectivity index (χ3n) is 5.67. The quantitative estimate of drug-likeness (QED) is 0.851. The lowest BCUT2D eigenvalue weighted by Gasteiger charge is -2.36. The second-order valence-electron chi connectivity index (χ2n) is 7.18. The molecule has 120 valence electrons. The number of hydrogen-bond acceptors (Lipinski definition) is 4. The van der Waals surface area contributed by atoms with Gasteiger partial charge in [-0.05, 0) is 62.5 Å². The Morgan fingerprint density at radius 1 is 1.09 bits per heavy atom. The van der Waals surface area contributed by atoms with Crippen molar-refractivity contribution in [2.75, 3.05) is 39.3 Å². The van der Waals surface area contributed by atoms with Crippen molar-refractivity contribution >= 4 is 0 Å². The first-order chi connectivity index (χ1) is 10.9. The zero-order valence-electron chi connectivity index (χ0n) is 13.4. The summed E-state index contributed by atoms with van der Waals surface area (Å²) < 4.78 is 6.18. The van der Waals surface area contributed by atoms with Gasteiger partial charge in [0, 0.05) is 37.9 Å². The van der Waals surface area contributed by atoms with Crippen molar-refractivity contribution in [1.82, 2.24) is 14.8 Å². The Balaban J connectivity index is 1.31. The molecule has 0 bridgehead atoms. The van der Waals surface area contributed by atoms with E-state index in [9.17, 15) is 0 Å². The van der Waals surface area contributed by atoms with Crippen LogP contribution in [0.4, 0.5) is 0 Å². The van der Waals surface area contributed by atoms with E-state index in [4.69, 9.17) is 4.74 Å². The molecule has 3 saturated heterocycles.